The van der Waals surface area contributed by atoms with Gasteiger partial charge in [0.1, 0.15) is 0 Å². The molecule has 0 aromatic carbocycles. The second-order valence-corrected chi connectivity index (χ2v) is 1.92. The highest BCUT2D eigenvalue weighted by atomic mass is 15.5. The fraction of sp³-hybridized carbons (Fsp3) is 0.500. The highest BCUT2D eigenvalue weighted by Crippen LogP contribution is 1.91. The first kappa shape index (κ1) is 7.21. The summed E-state index contributed by atoms with van der Waals surface area (Å²) in [6.45, 7) is 9.31. The van der Waals surface area contributed by atoms with Gasteiger partial charge in [0.15, 0.2) is 13.8 Å². The lowest BCUT2D eigenvalue weighted by molar-refractivity contribution is -0.643. The largest absolute Gasteiger partial charge is 0.163 e. The average molecular weight is 113 g/mol. The second kappa shape index (κ2) is 2.50. The number of allylic oxidation sites excluding steroid dienone is 1. The lowest BCUT2D eigenvalue weighted by Gasteiger charge is -2.09. The van der Waals surface area contributed by atoms with Crippen molar-refractivity contribution in [3.63, 3.8) is 0 Å². The zero-order chi connectivity index (χ0) is 6.73. The smallest absolute Gasteiger partial charge is 0.161 e. The molecule has 0 amide bonds. The van der Waals surface area contributed by atoms with Gasteiger partial charge in [-0.15, -0.1) is 4.68 Å². The van der Waals surface area contributed by atoms with Gasteiger partial charge in [-0.25, -0.2) is 0 Å². The maximum absolute atomic E-state index is 3.72. The molecule has 2 heteroatoms. The molecule has 0 rings (SSSR count). The molecule has 0 aromatic rings. The summed E-state index contributed by atoms with van der Waals surface area (Å²) in [5.41, 5.74) is 0.988. The zero-order valence-electron chi connectivity index (χ0n) is 5.81. The highest BCUT2D eigenvalue weighted by molar-refractivity contribution is 5.14. The van der Waals surface area contributed by atoms with Crippen LogP contribution in [0.3, 0.4) is 0 Å². The van der Waals surface area contributed by atoms with E-state index in [0.717, 1.165) is 5.70 Å². The molecule has 0 heterocycles. The van der Waals surface area contributed by atoms with Gasteiger partial charge in [-0.2, -0.15) is 5.01 Å². The van der Waals surface area contributed by atoms with Gasteiger partial charge in [-0.3, -0.25) is 0 Å². The van der Waals surface area contributed by atoms with E-state index in [1.54, 1.807) is 4.68 Å². The standard InChI is InChI=1S/C6H13N2/c1-6(2)8(5)7(3)4/h1,3H2,2,4-5H3/q+1. The lowest BCUT2D eigenvalue weighted by Crippen LogP contribution is -2.24. The predicted octanol–water partition coefficient (Wildman–Crippen LogP) is 0.710. The Morgan fingerprint density at radius 3 is 2.00 bits per heavy atom. The van der Waals surface area contributed by atoms with Crippen LogP contribution in [0.4, 0.5) is 0 Å². The summed E-state index contributed by atoms with van der Waals surface area (Å²) in [7, 11) is 3.78. The Labute approximate surface area is 50.7 Å². The molecule has 2 nitrogen and oxygen atoms in total. The van der Waals surface area contributed by atoms with Gasteiger partial charge < -0.3 is 0 Å². The average Bonchev–Trinajstić information content (AvgIpc) is 1.64. The van der Waals surface area contributed by atoms with Gasteiger partial charge in [-0.1, -0.05) is 6.58 Å². The first-order chi connectivity index (χ1) is 3.55. The predicted molar refractivity (Wildman–Crippen MR) is 35.9 cm³/mol. The summed E-state index contributed by atoms with van der Waals surface area (Å²) in [5, 5.41) is 1.86. The third-order valence-electron chi connectivity index (χ3n) is 1.06. The van der Waals surface area contributed by atoms with Crippen LogP contribution in [0.1, 0.15) is 6.92 Å². The van der Waals surface area contributed by atoms with Crippen molar-refractivity contribution in [2.75, 3.05) is 14.1 Å². The molecule has 0 aliphatic rings. The SMILES string of the molecule is C=C(C)N(C)[N+](=C)C. The van der Waals surface area contributed by atoms with E-state index >= 15 is 0 Å². The molecule has 0 N–H and O–H groups in total. The van der Waals surface area contributed by atoms with Crippen LogP contribution in [-0.4, -0.2) is 30.5 Å². The monoisotopic (exact) mass is 113 g/mol. The fourth-order valence-corrected chi connectivity index (χ4v) is 0.291. The number of hydrogen-bond acceptors (Lipinski definition) is 1. The van der Waals surface area contributed by atoms with Gasteiger partial charge in [0.2, 0.25) is 0 Å². The van der Waals surface area contributed by atoms with Gasteiger partial charge in [0.05, 0.1) is 12.7 Å². The summed E-state index contributed by atoms with van der Waals surface area (Å²) in [4.78, 5) is 0. The molecular formula is C6H13N2+. The minimum Gasteiger partial charge on any atom is -0.163 e. The number of hydrazone groups is 1. The molecule has 0 unspecified atom stereocenters. The molecule has 0 bridgehead atoms. The Bertz CT molecular complexity index is 102. The highest BCUT2D eigenvalue weighted by Gasteiger charge is 1.99. The van der Waals surface area contributed by atoms with E-state index in [2.05, 4.69) is 13.3 Å². The van der Waals surface area contributed by atoms with Crippen LogP contribution in [0.15, 0.2) is 12.3 Å². The van der Waals surface area contributed by atoms with E-state index in [0.29, 0.717) is 0 Å². The van der Waals surface area contributed by atoms with Gasteiger partial charge >= 0.3 is 0 Å². The Balaban J connectivity index is 3.83. The van der Waals surface area contributed by atoms with Crippen molar-refractivity contribution in [3.05, 3.63) is 12.3 Å². The van der Waals surface area contributed by atoms with E-state index in [4.69, 9.17) is 0 Å². The second-order valence-electron chi connectivity index (χ2n) is 1.92. The molecule has 0 atom stereocenters. The van der Waals surface area contributed by atoms with Crippen molar-refractivity contribution >= 4 is 6.72 Å². The third-order valence-corrected chi connectivity index (χ3v) is 1.06. The number of hydrogen-bond donors (Lipinski definition) is 0. The van der Waals surface area contributed by atoms with Crippen LogP contribution >= 0.6 is 0 Å². The third kappa shape index (κ3) is 1.78. The molecule has 0 radical (unpaired) electrons. The first-order valence-corrected chi connectivity index (χ1v) is 2.49. The van der Waals surface area contributed by atoms with Crippen molar-refractivity contribution in [1.82, 2.24) is 5.01 Å². The maximum Gasteiger partial charge on any atom is 0.161 e. The Hall–Kier alpha value is -0.790. The molecule has 0 saturated heterocycles. The molecule has 8 heavy (non-hydrogen) atoms. The molecule has 0 aliphatic carbocycles. The van der Waals surface area contributed by atoms with Crippen molar-refractivity contribution in [2.45, 2.75) is 6.92 Å². The van der Waals surface area contributed by atoms with E-state index in [9.17, 15) is 0 Å². The van der Waals surface area contributed by atoms with Crippen LogP contribution in [0.5, 0.6) is 0 Å². The summed E-state index contributed by atoms with van der Waals surface area (Å²) in [5.74, 6) is 0. The Kier molecular flexibility index (Phi) is 2.25. The molecule has 0 fully saturated rings. The topological polar surface area (TPSA) is 6.25 Å². The van der Waals surface area contributed by atoms with Crippen LogP contribution in [0.2, 0.25) is 0 Å². The fourth-order valence-electron chi connectivity index (χ4n) is 0.291. The Morgan fingerprint density at radius 2 is 2.00 bits per heavy atom. The van der Waals surface area contributed by atoms with Crippen molar-refractivity contribution in [3.8, 4) is 0 Å². The Morgan fingerprint density at radius 1 is 1.62 bits per heavy atom. The normalized spacial score (nSPS) is 8.38. The van der Waals surface area contributed by atoms with Gasteiger partial charge in [0, 0.05) is 0 Å². The van der Waals surface area contributed by atoms with E-state index in [-0.39, 0.29) is 0 Å². The maximum atomic E-state index is 3.72. The molecule has 0 saturated carbocycles. The molecule has 0 aromatic heterocycles. The zero-order valence-corrected chi connectivity index (χ0v) is 5.81. The van der Waals surface area contributed by atoms with Gasteiger partial charge in [-0.05, 0) is 6.92 Å². The number of rotatable bonds is 2. The van der Waals surface area contributed by atoms with Crippen molar-refractivity contribution < 1.29 is 4.68 Å². The summed E-state index contributed by atoms with van der Waals surface area (Å²) in [6.07, 6.45) is 0. The van der Waals surface area contributed by atoms with Gasteiger partial charge in [0.25, 0.3) is 0 Å². The van der Waals surface area contributed by atoms with Crippen LogP contribution in [0, 0.1) is 0 Å². The molecule has 0 spiro atoms. The van der Waals surface area contributed by atoms with Crippen LogP contribution in [-0.2, 0) is 0 Å². The minimum absolute atomic E-state index is 0.988. The summed E-state index contributed by atoms with van der Waals surface area (Å²) in [6, 6.07) is 0. The van der Waals surface area contributed by atoms with E-state index in [1.807, 2.05) is 26.0 Å². The number of hydrazine groups is 1. The van der Waals surface area contributed by atoms with E-state index in [1.165, 1.54) is 0 Å². The van der Waals surface area contributed by atoms with Crippen molar-refractivity contribution in [2.24, 2.45) is 0 Å². The molecule has 46 valence electrons. The minimum atomic E-state index is 0.988. The first-order valence-electron chi connectivity index (χ1n) is 2.49. The summed E-state index contributed by atoms with van der Waals surface area (Å²) >= 11 is 0. The number of nitrogens with zero attached hydrogens (tertiary/aromatic N) is 2. The van der Waals surface area contributed by atoms with Crippen molar-refractivity contribution in [1.29, 1.82) is 0 Å². The lowest BCUT2D eigenvalue weighted by atomic mass is 10.6. The van der Waals surface area contributed by atoms with Crippen LogP contribution in [0.25, 0.3) is 0 Å². The molecule has 0 aliphatic heterocycles. The summed E-state index contributed by atoms with van der Waals surface area (Å²) < 4.78 is 1.72. The van der Waals surface area contributed by atoms with E-state index < -0.39 is 0 Å². The molecular weight excluding hydrogens is 100 g/mol. The van der Waals surface area contributed by atoms with Crippen LogP contribution < -0.4 is 0 Å². The quantitative estimate of drug-likeness (QED) is 0.290.